The maximum absolute atomic E-state index is 12.2. The lowest BCUT2D eigenvalue weighted by molar-refractivity contribution is -0.116. The number of hydrogen-bond donors (Lipinski definition) is 1. The van der Waals surface area contributed by atoms with Crippen LogP contribution in [0.3, 0.4) is 0 Å². The molecule has 1 heterocycles. The summed E-state index contributed by atoms with van der Waals surface area (Å²) in [6.45, 7) is 6.72. The Hall–Kier alpha value is -1.60. The molecule has 6 nitrogen and oxygen atoms in total. The summed E-state index contributed by atoms with van der Waals surface area (Å²) in [5.41, 5.74) is 1.92. The van der Waals surface area contributed by atoms with Gasteiger partial charge in [0.05, 0.1) is 6.26 Å². The van der Waals surface area contributed by atoms with Crippen LogP contribution in [0.1, 0.15) is 39.5 Å². The third-order valence-corrected chi connectivity index (χ3v) is 5.77. The first-order chi connectivity index (χ1) is 12.3. The summed E-state index contributed by atoms with van der Waals surface area (Å²) in [7, 11) is -3.30. The summed E-state index contributed by atoms with van der Waals surface area (Å²) in [6, 6.07) is 7.87. The molecule has 0 saturated carbocycles. The lowest BCUT2D eigenvalue weighted by Gasteiger charge is -2.28. The second-order valence-electron chi connectivity index (χ2n) is 7.41. The summed E-state index contributed by atoms with van der Waals surface area (Å²) in [4.78, 5) is 14.5. The van der Waals surface area contributed by atoms with Crippen molar-refractivity contribution >= 4 is 27.3 Å². The van der Waals surface area contributed by atoms with Gasteiger partial charge in [0.1, 0.15) is 0 Å². The van der Waals surface area contributed by atoms with E-state index in [-0.39, 0.29) is 24.8 Å². The Balaban J connectivity index is 1.86. The first-order valence-electron chi connectivity index (χ1n) is 9.35. The number of piperidine rings is 1. The predicted molar refractivity (Wildman–Crippen MR) is 107 cm³/mol. The molecule has 0 aromatic heterocycles. The highest BCUT2D eigenvalue weighted by Gasteiger charge is 2.19. The highest BCUT2D eigenvalue weighted by molar-refractivity contribution is 7.88. The highest BCUT2D eigenvalue weighted by atomic mass is 32.2. The molecule has 2 rings (SSSR count). The molecule has 0 atom stereocenters. The van der Waals surface area contributed by atoms with Crippen molar-refractivity contribution in [2.75, 3.05) is 42.7 Å². The van der Waals surface area contributed by atoms with Gasteiger partial charge < -0.3 is 10.2 Å². The largest absolute Gasteiger partial charge is 0.372 e. The summed E-state index contributed by atoms with van der Waals surface area (Å²) in [6.07, 6.45) is 5.09. The first-order valence-corrected chi connectivity index (χ1v) is 11.2. The van der Waals surface area contributed by atoms with Crippen LogP contribution in [0.4, 0.5) is 11.4 Å². The molecule has 0 aliphatic carbocycles. The van der Waals surface area contributed by atoms with E-state index in [0.29, 0.717) is 6.54 Å². The van der Waals surface area contributed by atoms with Crippen LogP contribution in [0.25, 0.3) is 0 Å². The van der Waals surface area contributed by atoms with Crippen LogP contribution < -0.4 is 10.2 Å². The van der Waals surface area contributed by atoms with E-state index in [2.05, 4.69) is 10.2 Å². The topological polar surface area (TPSA) is 69.7 Å². The van der Waals surface area contributed by atoms with E-state index in [1.807, 2.05) is 38.1 Å². The van der Waals surface area contributed by atoms with Crippen LogP contribution in [0.15, 0.2) is 24.3 Å². The van der Waals surface area contributed by atoms with Gasteiger partial charge in [-0.3, -0.25) is 4.79 Å². The Kier molecular flexibility index (Phi) is 7.46. The number of nitrogens with zero attached hydrogens (tertiary/aromatic N) is 2. The SMILES string of the molecule is CC(C)CN(CCC(=O)Nc1ccc(N2CCCCC2)cc1)S(C)(=O)=O. The minimum Gasteiger partial charge on any atom is -0.372 e. The zero-order valence-electron chi connectivity index (χ0n) is 16.1. The Bertz CT molecular complexity index is 680. The fraction of sp³-hybridized carbons (Fsp3) is 0.632. The first kappa shape index (κ1) is 20.7. The molecular weight excluding hydrogens is 350 g/mol. The van der Waals surface area contributed by atoms with Crippen LogP contribution in [0.2, 0.25) is 0 Å². The number of amides is 1. The van der Waals surface area contributed by atoms with E-state index < -0.39 is 10.0 Å². The number of carbonyl (C=O) groups excluding carboxylic acids is 1. The van der Waals surface area contributed by atoms with Gasteiger partial charge in [-0.25, -0.2) is 12.7 Å². The minimum absolute atomic E-state index is 0.146. The maximum Gasteiger partial charge on any atom is 0.225 e. The average molecular weight is 382 g/mol. The summed E-state index contributed by atoms with van der Waals surface area (Å²) in [5, 5.41) is 2.85. The molecule has 1 amide bonds. The minimum atomic E-state index is -3.30. The van der Waals surface area contributed by atoms with Gasteiger partial charge >= 0.3 is 0 Å². The molecule has 0 bridgehead atoms. The molecule has 1 fully saturated rings. The molecule has 1 aromatic carbocycles. The van der Waals surface area contributed by atoms with Gasteiger partial charge in [0.2, 0.25) is 15.9 Å². The van der Waals surface area contributed by atoms with Gasteiger partial charge in [0, 0.05) is 44.0 Å². The number of rotatable bonds is 8. The van der Waals surface area contributed by atoms with Crippen molar-refractivity contribution in [1.82, 2.24) is 4.31 Å². The van der Waals surface area contributed by atoms with Crippen molar-refractivity contribution in [1.29, 1.82) is 0 Å². The smallest absolute Gasteiger partial charge is 0.225 e. The summed E-state index contributed by atoms with van der Waals surface area (Å²) >= 11 is 0. The lowest BCUT2D eigenvalue weighted by Crippen LogP contribution is -2.35. The third kappa shape index (κ3) is 6.61. The van der Waals surface area contributed by atoms with Crippen molar-refractivity contribution < 1.29 is 13.2 Å². The molecule has 0 radical (unpaired) electrons. The summed E-state index contributed by atoms with van der Waals surface area (Å²) < 4.78 is 25.0. The summed E-state index contributed by atoms with van der Waals surface area (Å²) in [5.74, 6) is 0.0447. The van der Waals surface area contributed by atoms with Gasteiger partial charge in [-0.2, -0.15) is 0 Å². The Morgan fingerprint density at radius 3 is 2.31 bits per heavy atom. The maximum atomic E-state index is 12.2. The second kappa shape index (κ2) is 9.37. The van der Waals surface area contributed by atoms with E-state index >= 15 is 0 Å². The third-order valence-electron chi connectivity index (χ3n) is 4.50. The van der Waals surface area contributed by atoms with Crippen LogP contribution >= 0.6 is 0 Å². The number of sulfonamides is 1. The number of hydrogen-bond acceptors (Lipinski definition) is 4. The van der Waals surface area contributed by atoms with E-state index in [0.717, 1.165) is 18.8 Å². The number of carbonyl (C=O) groups is 1. The molecular formula is C19H31N3O3S. The van der Waals surface area contributed by atoms with Crippen molar-refractivity contribution in [2.24, 2.45) is 5.92 Å². The molecule has 1 aliphatic heterocycles. The highest BCUT2D eigenvalue weighted by Crippen LogP contribution is 2.21. The van der Waals surface area contributed by atoms with Gasteiger partial charge in [-0.15, -0.1) is 0 Å². The van der Waals surface area contributed by atoms with E-state index in [4.69, 9.17) is 0 Å². The molecule has 0 spiro atoms. The molecule has 7 heteroatoms. The number of anilines is 2. The van der Waals surface area contributed by atoms with E-state index in [9.17, 15) is 13.2 Å². The Labute approximate surface area is 157 Å². The predicted octanol–water partition coefficient (Wildman–Crippen LogP) is 2.92. The zero-order valence-corrected chi connectivity index (χ0v) is 16.9. The lowest BCUT2D eigenvalue weighted by atomic mass is 10.1. The van der Waals surface area contributed by atoms with Gasteiger partial charge in [-0.1, -0.05) is 13.8 Å². The van der Waals surface area contributed by atoms with E-state index in [1.165, 1.54) is 35.5 Å². The van der Waals surface area contributed by atoms with Gasteiger partial charge in [0.25, 0.3) is 0 Å². The van der Waals surface area contributed by atoms with Crippen LogP contribution in [0, 0.1) is 5.92 Å². The monoisotopic (exact) mass is 381 g/mol. The van der Waals surface area contributed by atoms with Crippen LogP contribution in [-0.4, -0.2) is 51.1 Å². The molecule has 1 aromatic rings. The zero-order chi connectivity index (χ0) is 19.2. The molecule has 26 heavy (non-hydrogen) atoms. The van der Waals surface area contributed by atoms with Crippen molar-refractivity contribution in [2.45, 2.75) is 39.5 Å². The Morgan fingerprint density at radius 2 is 1.77 bits per heavy atom. The normalized spacial score (nSPS) is 15.5. The quantitative estimate of drug-likeness (QED) is 0.752. The second-order valence-corrected chi connectivity index (χ2v) is 9.39. The molecule has 1 aliphatic rings. The molecule has 1 saturated heterocycles. The van der Waals surface area contributed by atoms with Crippen LogP contribution in [0.5, 0.6) is 0 Å². The number of nitrogens with one attached hydrogen (secondary N) is 1. The van der Waals surface area contributed by atoms with Crippen molar-refractivity contribution in [3.8, 4) is 0 Å². The van der Waals surface area contributed by atoms with Crippen molar-refractivity contribution in [3.05, 3.63) is 24.3 Å². The Morgan fingerprint density at radius 1 is 1.15 bits per heavy atom. The molecule has 0 unspecified atom stereocenters. The standard InChI is InChI=1S/C19H31N3O3S/c1-16(2)15-22(26(3,24)25)14-11-19(23)20-17-7-9-18(10-8-17)21-12-5-4-6-13-21/h7-10,16H,4-6,11-15H2,1-3H3,(H,20,23). The van der Waals surface area contributed by atoms with E-state index in [1.54, 1.807) is 0 Å². The molecule has 1 N–H and O–H groups in total. The van der Waals surface area contributed by atoms with Crippen molar-refractivity contribution in [3.63, 3.8) is 0 Å². The number of benzene rings is 1. The molecule has 146 valence electrons. The average Bonchev–Trinajstić information content (AvgIpc) is 2.59. The fourth-order valence-electron chi connectivity index (χ4n) is 3.16. The fourth-order valence-corrected chi connectivity index (χ4v) is 4.15. The van der Waals surface area contributed by atoms with Gasteiger partial charge in [0.15, 0.2) is 0 Å². The van der Waals surface area contributed by atoms with Gasteiger partial charge in [-0.05, 0) is 49.4 Å². The van der Waals surface area contributed by atoms with Crippen LogP contribution in [-0.2, 0) is 14.8 Å².